The maximum atomic E-state index is 7.40. The Morgan fingerprint density at radius 3 is 2.87 bits per heavy atom. The second-order valence-electron chi connectivity index (χ2n) is 3.08. The van der Waals surface area contributed by atoms with Crippen molar-refractivity contribution >= 4 is 5.84 Å². The molecule has 0 unspecified atom stereocenters. The van der Waals surface area contributed by atoms with Crippen molar-refractivity contribution in [1.82, 2.24) is 20.0 Å². The number of nitrogens with two attached hydrogens (primary N) is 1. The van der Waals surface area contributed by atoms with Gasteiger partial charge in [-0.05, 0) is 19.1 Å². The zero-order valence-corrected chi connectivity index (χ0v) is 8.18. The maximum Gasteiger partial charge on any atom is 0.186 e. The van der Waals surface area contributed by atoms with Crippen LogP contribution in [-0.2, 0) is 0 Å². The Bertz CT molecular complexity index is 501. The van der Waals surface area contributed by atoms with E-state index in [1.807, 2.05) is 13.0 Å². The summed E-state index contributed by atoms with van der Waals surface area (Å²) in [5, 5.41) is 19.3. The maximum absolute atomic E-state index is 7.40. The fourth-order valence-corrected chi connectivity index (χ4v) is 1.24. The summed E-state index contributed by atoms with van der Waals surface area (Å²) in [5.74, 6) is 0.422. The van der Waals surface area contributed by atoms with Gasteiger partial charge < -0.3 is 5.73 Å². The molecule has 0 amide bonds. The first-order chi connectivity index (χ1) is 7.18. The van der Waals surface area contributed by atoms with Gasteiger partial charge in [-0.1, -0.05) is 0 Å². The van der Waals surface area contributed by atoms with Gasteiger partial charge in [-0.3, -0.25) is 5.41 Å². The summed E-state index contributed by atoms with van der Waals surface area (Å²) in [6.07, 6.45) is 3.25. The number of nitrogens with zero attached hydrogens (tertiary/aromatic N) is 4. The van der Waals surface area contributed by atoms with Crippen molar-refractivity contribution in [2.24, 2.45) is 5.73 Å². The first-order valence-corrected chi connectivity index (χ1v) is 4.37. The van der Waals surface area contributed by atoms with Crippen LogP contribution in [0.1, 0.15) is 11.3 Å². The first kappa shape index (κ1) is 9.32. The van der Waals surface area contributed by atoms with Crippen molar-refractivity contribution in [3.05, 3.63) is 35.8 Å². The van der Waals surface area contributed by atoms with Crippen LogP contribution in [0.15, 0.2) is 24.5 Å². The smallest absolute Gasteiger partial charge is 0.186 e. The van der Waals surface area contributed by atoms with Crippen LogP contribution in [0.5, 0.6) is 0 Å². The van der Waals surface area contributed by atoms with Gasteiger partial charge in [-0.2, -0.15) is 10.2 Å². The molecule has 76 valence electrons. The fraction of sp³-hybridized carbons (Fsp3) is 0.111. The van der Waals surface area contributed by atoms with Crippen LogP contribution in [0, 0.1) is 12.3 Å². The zero-order chi connectivity index (χ0) is 10.8. The number of hydrogen-bond acceptors (Lipinski definition) is 4. The van der Waals surface area contributed by atoms with Gasteiger partial charge in [-0.25, -0.2) is 4.68 Å². The molecule has 2 aromatic heterocycles. The van der Waals surface area contributed by atoms with Crippen LogP contribution < -0.4 is 5.73 Å². The SMILES string of the molecule is Cc1ccn(-c2nnccc2C(=N)N)n1. The van der Waals surface area contributed by atoms with Crippen LogP contribution in [0.4, 0.5) is 0 Å². The zero-order valence-electron chi connectivity index (χ0n) is 8.18. The van der Waals surface area contributed by atoms with Gasteiger partial charge in [0.25, 0.3) is 0 Å². The lowest BCUT2D eigenvalue weighted by Crippen LogP contribution is -2.16. The second-order valence-corrected chi connectivity index (χ2v) is 3.08. The van der Waals surface area contributed by atoms with E-state index in [2.05, 4.69) is 15.3 Å². The Morgan fingerprint density at radius 1 is 1.47 bits per heavy atom. The molecule has 6 nitrogen and oxygen atoms in total. The van der Waals surface area contributed by atoms with E-state index in [0.717, 1.165) is 5.69 Å². The summed E-state index contributed by atoms with van der Waals surface area (Å²) in [6.45, 7) is 1.88. The van der Waals surface area contributed by atoms with Crippen molar-refractivity contribution in [3.8, 4) is 5.82 Å². The van der Waals surface area contributed by atoms with E-state index in [0.29, 0.717) is 11.4 Å². The number of aromatic nitrogens is 4. The van der Waals surface area contributed by atoms with Gasteiger partial charge in [-0.15, -0.1) is 5.10 Å². The molecule has 0 spiro atoms. The average Bonchev–Trinajstić information content (AvgIpc) is 2.65. The molecular formula is C9H10N6. The predicted molar refractivity (Wildman–Crippen MR) is 54.9 cm³/mol. The number of rotatable bonds is 2. The van der Waals surface area contributed by atoms with E-state index in [1.165, 1.54) is 6.20 Å². The van der Waals surface area contributed by atoms with Gasteiger partial charge in [0.2, 0.25) is 0 Å². The third-order valence-electron chi connectivity index (χ3n) is 1.93. The third kappa shape index (κ3) is 1.69. The van der Waals surface area contributed by atoms with Gasteiger partial charge in [0.05, 0.1) is 17.5 Å². The predicted octanol–water partition coefficient (Wildman–Crippen LogP) is 0.255. The molecule has 0 aliphatic carbocycles. The van der Waals surface area contributed by atoms with E-state index >= 15 is 0 Å². The molecule has 0 saturated carbocycles. The lowest BCUT2D eigenvalue weighted by molar-refractivity contribution is 0.800. The molecule has 2 aromatic rings. The highest BCUT2D eigenvalue weighted by Gasteiger charge is 2.09. The molecule has 0 atom stereocenters. The topological polar surface area (TPSA) is 93.5 Å². The first-order valence-electron chi connectivity index (χ1n) is 4.37. The Hall–Kier alpha value is -2.24. The molecule has 0 aromatic carbocycles. The van der Waals surface area contributed by atoms with E-state index in [4.69, 9.17) is 11.1 Å². The van der Waals surface area contributed by atoms with Gasteiger partial charge >= 0.3 is 0 Å². The normalized spacial score (nSPS) is 10.2. The number of aryl methyl sites for hydroxylation is 1. The van der Waals surface area contributed by atoms with Crippen LogP contribution >= 0.6 is 0 Å². The largest absolute Gasteiger partial charge is 0.384 e. The lowest BCUT2D eigenvalue weighted by Gasteiger charge is -2.04. The summed E-state index contributed by atoms with van der Waals surface area (Å²) in [4.78, 5) is 0. The Morgan fingerprint density at radius 2 is 2.27 bits per heavy atom. The van der Waals surface area contributed by atoms with E-state index in [1.54, 1.807) is 16.9 Å². The third-order valence-corrected chi connectivity index (χ3v) is 1.93. The molecule has 2 heterocycles. The van der Waals surface area contributed by atoms with Crippen molar-refractivity contribution in [1.29, 1.82) is 5.41 Å². The van der Waals surface area contributed by atoms with E-state index < -0.39 is 0 Å². The number of amidine groups is 1. The minimum absolute atomic E-state index is 0.0481. The highest BCUT2D eigenvalue weighted by molar-refractivity contribution is 5.97. The monoisotopic (exact) mass is 202 g/mol. The number of nitrogens with one attached hydrogen (secondary N) is 1. The quantitative estimate of drug-likeness (QED) is 0.539. The van der Waals surface area contributed by atoms with Crippen LogP contribution in [0.2, 0.25) is 0 Å². The molecule has 0 radical (unpaired) electrons. The van der Waals surface area contributed by atoms with Gasteiger partial charge in [0.1, 0.15) is 5.84 Å². The van der Waals surface area contributed by atoms with Crippen molar-refractivity contribution < 1.29 is 0 Å². The minimum Gasteiger partial charge on any atom is -0.384 e. The van der Waals surface area contributed by atoms with Gasteiger partial charge in [0, 0.05) is 6.20 Å². The molecular weight excluding hydrogens is 192 g/mol. The molecule has 0 aliphatic heterocycles. The number of hydrogen-bond donors (Lipinski definition) is 2. The van der Waals surface area contributed by atoms with Crippen molar-refractivity contribution in [3.63, 3.8) is 0 Å². The average molecular weight is 202 g/mol. The standard InChI is InChI=1S/C9H10N6/c1-6-3-5-15(14-6)9-7(8(10)11)2-4-12-13-9/h2-5H,1H3,(H3,10,11). The molecule has 0 fully saturated rings. The number of nitrogen functional groups attached to an aromatic ring is 1. The summed E-state index contributed by atoms with van der Waals surface area (Å²) < 4.78 is 1.55. The highest BCUT2D eigenvalue weighted by atomic mass is 15.3. The summed E-state index contributed by atoms with van der Waals surface area (Å²) in [7, 11) is 0. The molecule has 6 heteroatoms. The Kier molecular flexibility index (Phi) is 2.17. The molecule has 3 N–H and O–H groups in total. The summed E-state index contributed by atoms with van der Waals surface area (Å²) in [5.41, 5.74) is 6.83. The minimum atomic E-state index is -0.0481. The lowest BCUT2D eigenvalue weighted by atomic mass is 10.2. The summed E-state index contributed by atoms with van der Waals surface area (Å²) >= 11 is 0. The molecule has 0 bridgehead atoms. The Balaban J connectivity index is 2.57. The highest BCUT2D eigenvalue weighted by Crippen LogP contribution is 2.08. The Labute approximate surface area is 86.3 Å². The van der Waals surface area contributed by atoms with Crippen molar-refractivity contribution in [2.45, 2.75) is 6.92 Å². The molecule has 2 rings (SSSR count). The van der Waals surface area contributed by atoms with E-state index in [-0.39, 0.29) is 5.84 Å². The molecule has 15 heavy (non-hydrogen) atoms. The van der Waals surface area contributed by atoms with E-state index in [9.17, 15) is 0 Å². The van der Waals surface area contributed by atoms with Crippen LogP contribution in [0.25, 0.3) is 5.82 Å². The fourth-order valence-electron chi connectivity index (χ4n) is 1.24. The van der Waals surface area contributed by atoms with Crippen LogP contribution in [-0.4, -0.2) is 25.8 Å². The van der Waals surface area contributed by atoms with Crippen molar-refractivity contribution in [2.75, 3.05) is 0 Å². The van der Waals surface area contributed by atoms with Crippen LogP contribution in [0.3, 0.4) is 0 Å². The second kappa shape index (κ2) is 3.49. The molecule has 0 aliphatic rings. The summed E-state index contributed by atoms with van der Waals surface area (Å²) in [6, 6.07) is 3.49. The van der Waals surface area contributed by atoms with Gasteiger partial charge in [0.15, 0.2) is 5.82 Å². The molecule has 0 saturated heterocycles.